The topological polar surface area (TPSA) is 60.9 Å². The highest BCUT2D eigenvalue weighted by atomic mass is 16.3. The molecule has 3 fully saturated rings. The molecule has 3 atom stereocenters. The maximum atomic E-state index is 12.5. The highest BCUT2D eigenvalue weighted by Crippen LogP contribution is 2.42. The lowest BCUT2D eigenvalue weighted by atomic mass is 9.73. The summed E-state index contributed by atoms with van der Waals surface area (Å²) in [6.45, 7) is 2.43. The van der Waals surface area contributed by atoms with E-state index < -0.39 is 0 Å². The number of hydrogen-bond donors (Lipinski definition) is 1. The number of hydrogen-bond acceptors (Lipinski definition) is 3. The van der Waals surface area contributed by atoms with Crippen LogP contribution in [0.15, 0.2) is 24.3 Å². The normalized spacial score (nSPS) is 27.1. The summed E-state index contributed by atoms with van der Waals surface area (Å²) in [5.74, 6) is 7.21. The Morgan fingerprint density at radius 1 is 1.21 bits per heavy atom. The molecule has 0 spiro atoms. The molecular weight excluding hydrogens is 352 g/mol. The monoisotopic (exact) mass is 380 g/mol. The average Bonchev–Trinajstić information content (AvgIpc) is 3.22. The molecule has 1 saturated carbocycles. The van der Waals surface area contributed by atoms with Crippen molar-refractivity contribution >= 4 is 11.8 Å². The van der Waals surface area contributed by atoms with E-state index in [0.717, 1.165) is 11.1 Å². The summed E-state index contributed by atoms with van der Waals surface area (Å²) in [6, 6.07) is 7.95. The molecule has 0 bridgehead atoms. The smallest absolute Gasteiger partial charge is 0.242 e. The van der Waals surface area contributed by atoms with E-state index in [1.54, 1.807) is 9.80 Å². The predicted molar refractivity (Wildman–Crippen MR) is 106 cm³/mol. The number of piperazine rings is 1. The SMILES string of the molecule is CCC(=O)N1CC(=O)N2[C@H](CO)[C@H](c3ccc(C#CC4CCCC4)cc3)[C@H]2C1. The molecule has 2 saturated heterocycles. The van der Waals surface area contributed by atoms with E-state index in [2.05, 4.69) is 24.0 Å². The largest absolute Gasteiger partial charge is 0.394 e. The Kier molecular flexibility index (Phi) is 5.41. The quantitative estimate of drug-likeness (QED) is 0.818. The van der Waals surface area contributed by atoms with Crippen LogP contribution in [-0.4, -0.2) is 58.5 Å². The van der Waals surface area contributed by atoms with Crippen molar-refractivity contribution in [2.45, 2.75) is 57.0 Å². The Bertz CT molecular complexity index is 801. The number of aliphatic hydroxyl groups excluding tert-OH is 1. The van der Waals surface area contributed by atoms with Crippen molar-refractivity contribution in [3.05, 3.63) is 35.4 Å². The Hall–Kier alpha value is -2.32. The Labute approximate surface area is 166 Å². The van der Waals surface area contributed by atoms with Crippen LogP contribution in [0.5, 0.6) is 0 Å². The Morgan fingerprint density at radius 2 is 1.93 bits per heavy atom. The third kappa shape index (κ3) is 3.42. The molecule has 1 aliphatic carbocycles. The van der Waals surface area contributed by atoms with Gasteiger partial charge in [0.1, 0.15) is 0 Å². The van der Waals surface area contributed by atoms with Crippen molar-refractivity contribution in [1.82, 2.24) is 9.80 Å². The number of aliphatic hydroxyl groups is 1. The van der Waals surface area contributed by atoms with Crippen LogP contribution in [0.2, 0.25) is 0 Å². The predicted octanol–water partition coefficient (Wildman–Crippen LogP) is 2.14. The molecular formula is C23H28N2O3. The zero-order valence-corrected chi connectivity index (χ0v) is 16.4. The molecule has 1 aromatic carbocycles. The third-order valence-corrected chi connectivity index (χ3v) is 6.48. The second-order valence-electron chi connectivity index (χ2n) is 8.14. The van der Waals surface area contributed by atoms with Crippen LogP contribution in [0.3, 0.4) is 0 Å². The Morgan fingerprint density at radius 3 is 2.57 bits per heavy atom. The highest BCUT2D eigenvalue weighted by molar-refractivity contribution is 5.87. The number of fused-ring (bicyclic) bond motifs is 1. The van der Waals surface area contributed by atoms with Crippen molar-refractivity contribution < 1.29 is 14.7 Å². The summed E-state index contributed by atoms with van der Waals surface area (Å²) in [5.41, 5.74) is 2.11. The van der Waals surface area contributed by atoms with Gasteiger partial charge in [-0.1, -0.05) is 43.7 Å². The zero-order valence-electron chi connectivity index (χ0n) is 16.4. The van der Waals surface area contributed by atoms with E-state index >= 15 is 0 Å². The molecule has 1 aromatic rings. The van der Waals surface area contributed by atoms with Crippen LogP contribution in [-0.2, 0) is 9.59 Å². The second-order valence-corrected chi connectivity index (χ2v) is 8.14. The number of carbonyl (C=O) groups excluding carboxylic acids is 2. The molecule has 0 radical (unpaired) electrons. The van der Waals surface area contributed by atoms with Gasteiger partial charge in [-0.15, -0.1) is 0 Å². The summed E-state index contributed by atoms with van der Waals surface area (Å²) in [6.07, 6.45) is 5.41. The molecule has 5 nitrogen and oxygen atoms in total. The van der Waals surface area contributed by atoms with Crippen molar-refractivity contribution in [1.29, 1.82) is 0 Å². The molecule has 2 aliphatic heterocycles. The molecule has 2 heterocycles. The van der Waals surface area contributed by atoms with Crippen LogP contribution < -0.4 is 0 Å². The van der Waals surface area contributed by atoms with Gasteiger partial charge >= 0.3 is 0 Å². The first kappa shape index (κ1) is 19.0. The van der Waals surface area contributed by atoms with E-state index in [1.165, 1.54) is 25.7 Å². The first-order chi connectivity index (χ1) is 13.6. The van der Waals surface area contributed by atoms with Crippen molar-refractivity contribution in [3.8, 4) is 11.8 Å². The minimum absolute atomic E-state index is 0.0109. The van der Waals surface area contributed by atoms with Crippen molar-refractivity contribution in [3.63, 3.8) is 0 Å². The van der Waals surface area contributed by atoms with E-state index in [-0.39, 0.29) is 43.0 Å². The maximum absolute atomic E-state index is 12.5. The number of nitrogens with zero attached hydrogens (tertiary/aromatic N) is 2. The number of benzene rings is 1. The van der Waals surface area contributed by atoms with Gasteiger partial charge in [-0.2, -0.15) is 0 Å². The van der Waals surface area contributed by atoms with Gasteiger partial charge in [-0.25, -0.2) is 0 Å². The van der Waals surface area contributed by atoms with E-state index in [9.17, 15) is 14.7 Å². The molecule has 28 heavy (non-hydrogen) atoms. The molecule has 5 heteroatoms. The third-order valence-electron chi connectivity index (χ3n) is 6.48. The first-order valence-corrected chi connectivity index (χ1v) is 10.4. The second kappa shape index (κ2) is 7.97. The fourth-order valence-electron chi connectivity index (χ4n) is 4.96. The fraction of sp³-hybridized carbons (Fsp3) is 0.565. The maximum Gasteiger partial charge on any atom is 0.242 e. The van der Waals surface area contributed by atoms with E-state index in [4.69, 9.17) is 0 Å². The van der Waals surface area contributed by atoms with Crippen LogP contribution >= 0.6 is 0 Å². The van der Waals surface area contributed by atoms with Crippen molar-refractivity contribution in [2.75, 3.05) is 19.7 Å². The minimum atomic E-state index is -0.202. The highest BCUT2D eigenvalue weighted by Gasteiger charge is 2.54. The average molecular weight is 380 g/mol. The standard InChI is InChI=1S/C23H28N2O3/c1-2-21(27)24-13-19-23(20(15-26)25(19)22(28)14-24)18-11-9-17(10-12-18)8-7-16-5-3-4-6-16/h9-12,16,19-20,23,26H,2-6,13-15H2,1H3/t19-,20-,23-/m1/s1. The van der Waals surface area contributed by atoms with Crippen LogP contribution in [0.1, 0.15) is 56.1 Å². The van der Waals surface area contributed by atoms with E-state index in [0.29, 0.717) is 18.9 Å². The summed E-state index contributed by atoms with van der Waals surface area (Å²) >= 11 is 0. The number of amides is 2. The summed E-state index contributed by atoms with van der Waals surface area (Å²) in [5, 5.41) is 9.86. The minimum Gasteiger partial charge on any atom is -0.394 e. The summed E-state index contributed by atoms with van der Waals surface area (Å²) < 4.78 is 0. The van der Waals surface area contributed by atoms with Gasteiger partial charge in [0.15, 0.2) is 0 Å². The number of rotatable bonds is 3. The van der Waals surface area contributed by atoms with E-state index in [1.807, 2.05) is 19.1 Å². The van der Waals surface area contributed by atoms with Gasteiger partial charge in [0.2, 0.25) is 11.8 Å². The van der Waals surface area contributed by atoms with Crippen LogP contribution in [0.4, 0.5) is 0 Å². The van der Waals surface area contributed by atoms with Crippen LogP contribution in [0.25, 0.3) is 0 Å². The van der Waals surface area contributed by atoms with Gasteiger partial charge in [0, 0.05) is 30.4 Å². The molecule has 4 rings (SSSR count). The number of carbonyl (C=O) groups is 2. The molecule has 0 aromatic heterocycles. The molecule has 1 N–H and O–H groups in total. The molecule has 3 aliphatic rings. The zero-order chi connectivity index (χ0) is 19.7. The molecule has 2 amide bonds. The Balaban J connectivity index is 1.50. The molecule has 148 valence electrons. The van der Waals surface area contributed by atoms with Gasteiger partial charge in [-0.05, 0) is 30.5 Å². The van der Waals surface area contributed by atoms with Gasteiger partial charge < -0.3 is 14.9 Å². The van der Waals surface area contributed by atoms with Gasteiger partial charge in [0.05, 0.1) is 25.2 Å². The first-order valence-electron chi connectivity index (χ1n) is 10.4. The lowest BCUT2D eigenvalue weighted by Crippen LogP contribution is -2.73. The van der Waals surface area contributed by atoms with Gasteiger partial charge in [-0.3, -0.25) is 9.59 Å². The van der Waals surface area contributed by atoms with Crippen LogP contribution in [0, 0.1) is 17.8 Å². The lowest BCUT2D eigenvalue weighted by molar-refractivity contribution is -0.166. The molecule has 0 unspecified atom stereocenters. The van der Waals surface area contributed by atoms with Crippen molar-refractivity contribution in [2.24, 2.45) is 5.92 Å². The lowest BCUT2D eigenvalue weighted by Gasteiger charge is -2.58. The summed E-state index contributed by atoms with van der Waals surface area (Å²) in [4.78, 5) is 28.0. The summed E-state index contributed by atoms with van der Waals surface area (Å²) in [7, 11) is 0. The fourth-order valence-corrected chi connectivity index (χ4v) is 4.96. The van der Waals surface area contributed by atoms with Gasteiger partial charge in [0.25, 0.3) is 0 Å².